The van der Waals surface area contributed by atoms with Crippen molar-refractivity contribution in [1.82, 2.24) is 0 Å². The molecule has 0 heterocycles. The number of rotatable bonds is 6. The molecule has 0 fully saturated rings. The van der Waals surface area contributed by atoms with Crippen LogP contribution >= 0.6 is 0 Å². The maximum Gasteiger partial charge on any atom is 0.189 e. The molecule has 0 bridgehead atoms. The molecule has 0 saturated carbocycles. The fraction of sp³-hybridized carbons (Fsp3) is 0.833. The van der Waals surface area contributed by atoms with Crippen molar-refractivity contribution in [2.75, 3.05) is 0 Å². The molecule has 0 aliphatic heterocycles. The van der Waals surface area contributed by atoms with Crippen LogP contribution < -0.4 is 0 Å². The Morgan fingerprint density at radius 2 is 1.27 bits per heavy atom. The molecule has 0 rings (SSSR count). The van der Waals surface area contributed by atoms with Crippen molar-refractivity contribution in [2.45, 2.75) is 53.4 Å². The Labute approximate surface area is 93.2 Å². The molecule has 0 spiro atoms. The van der Waals surface area contributed by atoms with E-state index in [1.165, 1.54) is 0 Å². The highest BCUT2D eigenvalue weighted by atomic mass is 16.5. The lowest BCUT2D eigenvalue weighted by Gasteiger charge is -2.13. The van der Waals surface area contributed by atoms with Gasteiger partial charge in [-0.25, -0.2) is 0 Å². The van der Waals surface area contributed by atoms with Gasteiger partial charge in [-0.3, -0.25) is 10.8 Å². The second-order valence-corrected chi connectivity index (χ2v) is 4.38. The average Bonchev–Trinajstić information content (AvgIpc) is 2.16. The highest BCUT2D eigenvalue weighted by Gasteiger charge is 2.10. The quantitative estimate of drug-likeness (QED) is 0.510. The normalized spacial score (nSPS) is 14.4. The minimum Gasteiger partial charge on any atom is -0.430 e. The molecular weight excluding hydrogens is 188 g/mol. The first-order valence-corrected chi connectivity index (χ1v) is 5.82. The summed E-state index contributed by atoms with van der Waals surface area (Å²) in [5, 5.41) is 15.2. The zero-order valence-corrected chi connectivity index (χ0v) is 10.4. The van der Waals surface area contributed by atoms with Crippen molar-refractivity contribution >= 4 is 11.8 Å². The molecule has 2 unspecified atom stereocenters. The van der Waals surface area contributed by atoms with Crippen molar-refractivity contribution in [2.24, 2.45) is 11.8 Å². The van der Waals surface area contributed by atoms with Crippen LogP contribution in [0.3, 0.4) is 0 Å². The van der Waals surface area contributed by atoms with E-state index < -0.39 is 0 Å². The second kappa shape index (κ2) is 7.43. The van der Waals surface area contributed by atoms with Gasteiger partial charge in [-0.1, -0.05) is 40.5 Å². The van der Waals surface area contributed by atoms with Gasteiger partial charge < -0.3 is 4.74 Å². The van der Waals surface area contributed by atoms with Crippen molar-refractivity contribution in [1.29, 1.82) is 10.8 Å². The highest BCUT2D eigenvalue weighted by molar-refractivity contribution is 5.88. The van der Waals surface area contributed by atoms with Gasteiger partial charge in [-0.15, -0.1) is 0 Å². The molecule has 0 saturated heterocycles. The summed E-state index contributed by atoms with van der Waals surface area (Å²) in [4.78, 5) is 0. The number of nitrogens with one attached hydrogen (secondary N) is 2. The highest BCUT2D eigenvalue weighted by Crippen LogP contribution is 2.11. The molecule has 88 valence electrons. The van der Waals surface area contributed by atoms with Crippen LogP contribution in [0.4, 0.5) is 0 Å². The summed E-state index contributed by atoms with van der Waals surface area (Å²) in [6, 6.07) is 0. The van der Waals surface area contributed by atoms with Crippen LogP contribution in [0, 0.1) is 22.7 Å². The van der Waals surface area contributed by atoms with Crippen molar-refractivity contribution in [3.05, 3.63) is 0 Å². The molecule has 0 radical (unpaired) electrons. The average molecular weight is 212 g/mol. The lowest BCUT2D eigenvalue weighted by Crippen LogP contribution is -2.15. The first-order valence-electron chi connectivity index (χ1n) is 5.82. The zero-order valence-electron chi connectivity index (χ0n) is 10.4. The second-order valence-electron chi connectivity index (χ2n) is 4.38. The van der Waals surface area contributed by atoms with Crippen molar-refractivity contribution in [3.8, 4) is 0 Å². The van der Waals surface area contributed by atoms with Gasteiger partial charge >= 0.3 is 0 Å². The number of ether oxygens (including phenoxy) is 1. The summed E-state index contributed by atoms with van der Waals surface area (Å²) in [5.41, 5.74) is 0. The molecule has 0 aromatic rings. The fourth-order valence-electron chi connectivity index (χ4n) is 1.15. The van der Waals surface area contributed by atoms with E-state index in [0.717, 1.165) is 12.8 Å². The van der Waals surface area contributed by atoms with E-state index >= 15 is 0 Å². The lowest BCUT2D eigenvalue weighted by molar-refractivity contribution is 0.441. The van der Waals surface area contributed by atoms with E-state index in [2.05, 4.69) is 27.7 Å². The van der Waals surface area contributed by atoms with E-state index in [0.29, 0.717) is 24.7 Å². The third-order valence-corrected chi connectivity index (χ3v) is 2.71. The number of hydrogen-bond donors (Lipinski definition) is 2. The Morgan fingerprint density at radius 3 is 1.53 bits per heavy atom. The molecule has 0 aliphatic rings. The third kappa shape index (κ3) is 7.11. The third-order valence-electron chi connectivity index (χ3n) is 2.71. The van der Waals surface area contributed by atoms with Crippen LogP contribution in [-0.4, -0.2) is 11.8 Å². The monoisotopic (exact) mass is 212 g/mol. The first kappa shape index (κ1) is 14.1. The van der Waals surface area contributed by atoms with Crippen LogP contribution in [0.1, 0.15) is 53.4 Å². The summed E-state index contributed by atoms with van der Waals surface area (Å²) in [6.45, 7) is 8.39. The maximum atomic E-state index is 7.59. The van der Waals surface area contributed by atoms with E-state index in [1.54, 1.807) is 0 Å². The van der Waals surface area contributed by atoms with Gasteiger partial charge in [-0.05, 0) is 11.8 Å². The largest absolute Gasteiger partial charge is 0.430 e. The standard InChI is InChI=1S/C12H24N2O/c1-5-9(3)7-11(13)15-12(14)8-10(4)6-2/h9-10,13-14H,5-8H2,1-4H3. The Kier molecular flexibility index (Phi) is 7.01. The Morgan fingerprint density at radius 1 is 0.933 bits per heavy atom. The minimum absolute atomic E-state index is 0.234. The Hall–Kier alpha value is -0.860. The predicted molar refractivity (Wildman–Crippen MR) is 64.7 cm³/mol. The molecule has 0 amide bonds. The van der Waals surface area contributed by atoms with Gasteiger partial charge in [0, 0.05) is 12.8 Å². The molecule has 2 atom stereocenters. The van der Waals surface area contributed by atoms with Crippen LogP contribution in [-0.2, 0) is 4.74 Å². The Balaban J connectivity index is 3.81. The SMILES string of the molecule is CCC(C)CC(=N)OC(=N)CC(C)CC. The molecule has 0 aromatic heterocycles. The molecule has 15 heavy (non-hydrogen) atoms. The summed E-state index contributed by atoms with van der Waals surface area (Å²) < 4.78 is 5.16. The van der Waals surface area contributed by atoms with Gasteiger partial charge in [0.15, 0.2) is 11.8 Å². The molecule has 2 N–H and O–H groups in total. The van der Waals surface area contributed by atoms with Crippen molar-refractivity contribution < 1.29 is 4.74 Å². The summed E-state index contributed by atoms with van der Waals surface area (Å²) >= 11 is 0. The first-order chi connectivity index (χ1) is 6.99. The fourth-order valence-corrected chi connectivity index (χ4v) is 1.15. The van der Waals surface area contributed by atoms with Gasteiger partial charge in [0.25, 0.3) is 0 Å². The summed E-state index contributed by atoms with van der Waals surface area (Å²) in [5.74, 6) is 1.40. The molecular formula is C12H24N2O. The zero-order chi connectivity index (χ0) is 11.8. The van der Waals surface area contributed by atoms with Crippen LogP contribution in [0.2, 0.25) is 0 Å². The predicted octanol–water partition coefficient (Wildman–Crippen LogP) is 3.83. The van der Waals surface area contributed by atoms with Crippen molar-refractivity contribution in [3.63, 3.8) is 0 Å². The van der Waals surface area contributed by atoms with Crippen LogP contribution in [0.25, 0.3) is 0 Å². The lowest BCUT2D eigenvalue weighted by atomic mass is 10.0. The molecule has 3 nitrogen and oxygen atoms in total. The molecule has 0 aromatic carbocycles. The Bertz CT molecular complexity index is 192. The molecule has 0 aliphatic carbocycles. The van der Waals surface area contributed by atoms with Gasteiger partial charge in [-0.2, -0.15) is 0 Å². The van der Waals surface area contributed by atoms with E-state index in [-0.39, 0.29) is 11.8 Å². The van der Waals surface area contributed by atoms with E-state index in [1.807, 2.05) is 0 Å². The van der Waals surface area contributed by atoms with Gasteiger partial charge in [0.05, 0.1) is 0 Å². The summed E-state index contributed by atoms with van der Waals surface area (Å²) in [7, 11) is 0. The topological polar surface area (TPSA) is 56.9 Å². The van der Waals surface area contributed by atoms with E-state index in [4.69, 9.17) is 15.6 Å². The maximum absolute atomic E-state index is 7.59. The van der Waals surface area contributed by atoms with Crippen LogP contribution in [0.5, 0.6) is 0 Å². The number of hydrogen-bond acceptors (Lipinski definition) is 3. The van der Waals surface area contributed by atoms with Gasteiger partial charge in [0.2, 0.25) is 0 Å². The van der Waals surface area contributed by atoms with Crippen LogP contribution in [0.15, 0.2) is 0 Å². The smallest absolute Gasteiger partial charge is 0.189 e. The summed E-state index contributed by atoms with van der Waals surface area (Å²) in [6.07, 6.45) is 3.37. The molecule has 3 heteroatoms. The van der Waals surface area contributed by atoms with Gasteiger partial charge in [0.1, 0.15) is 0 Å². The van der Waals surface area contributed by atoms with E-state index in [9.17, 15) is 0 Å². The minimum atomic E-state index is 0.234.